The van der Waals surface area contributed by atoms with Crippen LogP contribution in [0, 0.1) is 5.92 Å². The second-order valence-electron chi connectivity index (χ2n) is 5.31. The predicted molar refractivity (Wildman–Crippen MR) is 58.8 cm³/mol. The van der Waals surface area contributed by atoms with Gasteiger partial charge in [0.1, 0.15) is 0 Å². The van der Waals surface area contributed by atoms with E-state index in [-0.39, 0.29) is 6.54 Å². The van der Waals surface area contributed by atoms with Crippen LogP contribution in [0.5, 0.6) is 0 Å². The van der Waals surface area contributed by atoms with Gasteiger partial charge in [0.15, 0.2) is 6.10 Å². The highest BCUT2D eigenvalue weighted by Gasteiger charge is 2.49. The van der Waals surface area contributed by atoms with Crippen LogP contribution in [0.1, 0.15) is 39.0 Å². The summed E-state index contributed by atoms with van der Waals surface area (Å²) in [6.45, 7) is 2.60. The van der Waals surface area contributed by atoms with Crippen LogP contribution >= 0.6 is 0 Å². The van der Waals surface area contributed by atoms with Gasteiger partial charge in [0.25, 0.3) is 0 Å². The molecule has 0 aromatic rings. The lowest BCUT2D eigenvalue weighted by Gasteiger charge is -2.46. The van der Waals surface area contributed by atoms with Crippen LogP contribution in [0.2, 0.25) is 0 Å². The molecule has 1 saturated carbocycles. The molecule has 5 heteroatoms. The summed E-state index contributed by atoms with van der Waals surface area (Å²) in [5.74, 6) is 0.662. The Kier molecular flexibility index (Phi) is 3.69. The molecule has 2 aliphatic rings. The van der Waals surface area contributed by atoms with Gasteiger partial charge in [-0.25, -0.2) is 0 Å². The molecule has 2 nitrogen and oxygen atoms in total. The van der Waals surface area contributed by atoms with Gasteiger partial charge in [-0.15, -0.1) is 0 Å². The van der Waals surface area contributed by atoms with Gasteiger partial charge in [-0.05, 0) is 31.6 Å². The van der Waals surface area contributed by atoms with Crippen LogP contribution in [0.25, 0.3) is 0 Å². The van der Waals surface area contributed by atoms with E-state index in [4.69, 9.17) is 4.74 Å². The standard InChI is InChI=1S/C12H20F3NO/c1-2-9-3-5-11(6-4-9)8-16-7-10(17-11)12(13,14)15/h9-10,16H,2-8H2,1H3. The first-order chi connectivity index (χ1) is 7.95. The fraction of sp³-hybridized carbons (Fsp3) is 1.00. The molecule has 0 radical (unpaired) electrons. The smallest absolute Gasteiger partial charge is 0.360 e. The lowest BCUT2D eigenvalue weighted by Crippen LogP contribution is -2.59. The van der Waals surface area contributed by atoms with E-state index < -0.39 is 17.9 Å². The zero-order valence-electron chi connectivity index (χ0n) is 10.1. The number of morpholine rings is 1. The minimum absolute atomic E-state index is 0.109. The number of hydrogen-bond donors (Lipinski definition) is 1. The van der Waals surface area contributed by atoms with Crippen molar-refractivity contribution in [3.63, 3.8) is 0 Å². The van der Waals surface area contributed by atoms with Crippen molar-refractivity contribution < 1.29 is 17.9 Å². The molecule has 100 valence electrons. The maximum absolute atomic E-state index is 12.7. The summed E-state index contributed by atoms with van der Waals surface area (Å²) in [6.07, 6.45) is -1.27. The van der Waals surface area contributed by atoms with Crippen molar-refractivity contribution >= 4 is 0 Å². The van der Waals surface area contributed by atoms with E-state index in [9.17, 15) is 13.2 Å². The van der Waals surface area contributed by atoms with Gasteiger partial charge in [0.05, 0.1) is 5.60 Å². The molecule has 1 unspecified atom stereocenters. The molecule has 17 heavy (non-hydrogen) atoms. The number of nitrogens with one attached hydrogen (secondary N) is 1. The fourth-order valence-electron chi connectivity index (χ4n) is 2.91. The Morgan fingerprint density at radius 2 is 1.94 bits per heavy atom. The van der Waals surface area contributed by atoms with E-state index in [1.165, 1.54) is 0 Å². The molecule has 0 aromatic carbocycles. The van der Waals surface area contributed by atoms with Crippen molar-refractivity contribution in [2.24, 2.45) is 5.92 Å². The number of hydrogen-bond acceptors (Lipinski definition) is 2. The van der Waals surface area contributed by atoms with Crippen molar-refractivity contribution in [1.82, 2.24) is 5.32 Å². The molecule has 1 N–H and O–H groups in total. The van der Waals surface area contributed by atoms with Gasteiger partial charge in [0, 0.05) is 13.1 Å². The Hall–Kier alpha value is -0.290. The van der Waals surface area contributed by atoms with E-state index in [2.05, 4.69) is 12.2 Å². The molecule has 2 rings (SSSR count). The second kappa shape index (κ2) is 4.76. The van der Waals surface area contributed by atoms with Gasteiger partial charge in [-0.1, -0.05) is 13.3 Å². The topological polar surface area (TPSA) is 21.3 Å². The van der Waals surface area contributed by atoms with Crippen molar-refractivity contribution in [2.45, 2.75) is 56.9 Å². The number of ether oxygens (including phenoxy) is 1. The Morgan fingerprint density at radius 1 is 1.29 bits per heavy atom. The molecule has 1 aliphatic heterocycles. The monoisotopic (exact) mass is 251 g/mol. The molecule has 1 aliphatic carbocycles. The van der Waals surface area contributed by atoms with Gasteiger partial charge in [-0.3, -0.25) is 0 Å². The Bertz CT molecular complexity index is 259. The molecule has 1 saturated heterocycles. The summed E-state index contributed by atoms with van der Waals surface area (Å²) in [5.41, 5.74) is -0.565. The highest BCUT2D eigenvalue weighted by molar-refractivity contribution is 4.94. The summed E-state index contributed by atoms with van der Waals surface area (Å²) in [4.78, 5) is 0. The fourth-order valence-corrected chi connectivity index (χ4v) is 2.91. The predicted octanol–water partition coefficient (Wildman–Crippen LogP) is 2.88. The quantitative estimate of drug-likeness (QED) is 0.773. The lowest BCUT2D eigenvalue weighted by molar-refractivity contribution is -0.268. The first-order valence-corrected chi connectivity index (χ1v) is 6.40. The summed E-state index contributed by atoms with van der Waals surface area (Å²) in [7, 11) is 0. The molecular weight excluding hydrogens is 231 g/mol. The molecule has 1 heterocycles. The van der Waals surface area contributed by atoms with E-state index in [0.717, 1.165) is 32.1 Å². The van der Waals surface area contributed by atoms with Crippen LogP contribution in [-0.2, 0) is 4.74 Å². The molecule has 2 fully saturated rings. The highest BCUT2D eigenvalue weighted by atomic mass is 19.4. The van der Waals surface area contributed by atoms with Crippen molar-refractivity contribution in [3.8, 4) is 0 Å². The Labute approximate surface area is 99.9 Å². The first kappa shape index (κ1) is 13.1. The van der Waals surface area contributed by atoms with Gasteiger partial charge in [-0.2, -0.15) is 13.2 Å². The lowest BCUT2D eigenvalue weighted by atomic mass is 9.77. The minimum atomic E-state index is -4.25. The first-order valence-electron chi connectivity index (χ1n) is 6.40. The van der Waals surface area contributed by atoms with E-state index in [1.54, 1.807) is 0 Å². The van der Waals surface area contributed by atoms with Crippen LogP contribution < -0.4 is 5.32 Å². The summed E-state index contributed by atoms with van der Waals surface area (Å²) < 4.78 is 43.4. The molecule has 0 aromatic heterocycles. The molecule has 0 amide bonds. The van der Waals surface area contributed by atoms with E-state index in [0.29, 0.717) is 12.5 Å². The second-order valence-corrected chi connectivity index (χ2v) is 5.31. The zero-order valence-corrected chi connectivity index (χ0v) is 10.1. The third kappa shape index (κ3) is 2.94. The average Bonchev–Trinajstić information content (AvgIpc) is 2.29. The number of halogens is 3. The summed E-state index contributed by atoms with van der Waals surface area (Å²) >= 11 is 0. The van der Waals surface area contributed by atoms with Gasteiger partial charge in [0.2, 0.25) is 0 Å². The van der Waals surface area contributed by atoms with E-state index in [1.807, 2.05) is 0 Å². The van der Waals surface area contributed by atoms with Gasteiger partial charge < -0.3 is 10.1 Å². The maximum Gasteiger partial charge on any atom is 0.415 e. The highest BCUT2D eigenvalue weighted by Crippen LogP contribution is 2.40. The Balaban J connectivity index is 1.97. The third-order valence-electron chi connectivity index (χ3n) is 4.13. The molecule has 0 bridgehead atoms. The van der Waals surface area contributed by atoms with Crippen molar-refractivity contribution in [1.29, 1.82) is 0 Å². The van der Waals surface area contributed by atoms with Crippen LogP contribution in [0.15, 0.2) is 0 Å². The van der Waals surface area contributed by atoms with E-state index >= 15 is 0 Å². The Morgan fingerprint density at radius 3 is 2.47 bits per heavy atom. The molecule has 1 atom stereocenters. The molecular formula is C12H20F3NO. The summed E-state index contributed by atoms with van der Waals surface area (Å²) in [6, 6.07) is 0. The largest absolute Gasteiger partial charge is 0.415 e. The SMILES string of the molecule is CCC1CCC2(CC1)CNCC(C(F)(F)F)O2. The van der Waals surface area contributed by atoms with Gasteiger partial charge >= 0.3 is 6.18 Å². The van der Waals surface area contributed by atoms with Crippen molar-refractivity contribution in [3.05, 3.63) is 0 Å². The number of alkyl halides is 3. The third-order valence-corrected chi connectivity index (χ3v) is 4.13. The van der Waals surface area contributed by atoms with Crippen molar-refractivity contribution in [2.75, 3.05) is 13.1 Å². The maximum atomic E-state index is 12.7. The number of rotatable bonds is 1. The van der Waals surface area contributed by atoms with Crippen LogP contribution in [0.4, 0.5) is 13.2 Å². The van der Waals surface area contributed by atoms with Crippen LogP contribution in [-0.4, -0.2) is 31.0 Å². The summed E-state index contributed by atoms with van der Waals surface area (Å²) in [5, 5.41) is 2.89. The normalized spacial score (nSPS) is 39.5. The minimum Gasteiger partial charge on any atom is -0.360 e. The zero-order chi connectivity index (χ0) is 12.5. The van der Waals surface area contributed by atoms with Crippen LogP contribution in [0.3, 0.4) is 0 Å². The average molecular weight is 251 g/mol. The molecule has 1 spiro atoms.